The first kappa shape index (κ1) is 16.4. The van der Waals surface area contributed by atoms with Crippen LogP contribution in [0.2, 0.25) is 0 Å². The molecule has 0 aliphatic heterocycles. The molecule has 0 saturated heterocycles. The van der Waals surface area contributed by atoms with Crippen molar-refractivity contribution in [3.63, 3.8) is 0 Å². The fourth-order valence-corrected chi connectivity index (χ4v) is 1.11. The van der Waals surface area contributed by atoms with E-state index in [0.717, 1.165) is 0 Å². The summed E-state index contributed by atoms with van der Waals surface area (Å²) in [7, 11) is 0. The fourth-order valence-electron chi connectivity index (χ4n) is 1.11. The van der Waals surface area contributed by atoms with Crippen molar-refractivity contribution in [3.8, 4) is 0 Å². The Balaban J connectivity index is 4.83. The summed E-state index contributed by atoms with van der Waals surface area (Å²) in [4.78, 5) is 33.2. The van der Waals surface area contributed by atoms with Crippen LogP contribution in [-0.4, -0.2) is 39.6 Å². The number of carbonyl (C=O) groups excluding carboxylic acids is 1. The summed E-state index contributed by atoms with van der Waals surface area (Å²) in [5.41, 5.74) is 3.12. The summed E-state index contributed by atoms with van der Waals surface area (Å²) in [5, 5.41) is 20.1. The second-order valence-electron chi connectivity index (χ2n) is 5.25. The molecule has 0 aromatic heterocycles. The number of carboxylic acid groups (broad SMARTS) is 2. The van der Waals surface area contributed by atoms with Crippen LogP contribution < -0.4 is 11.1 Å². The lowest BCUT2D eigenvalue weighted by molar-refractivity contribution is -0.152. The minimum absolute atomic E-state index is 0.505. The van der Waals surface area contributed by atoms with E-state index in [2.05, 4.69) is 5.32 Å². The summed E-state index contributed by atoms with van der Waals surface area (Å²) in [6.45, 7) is 6.04. The van der Waals surface area contributed by atoms with Gasteiger partial charge in [-0.15, -0.1) is 0 Å². The topological polar surface area (TPSA) is 130 Å². The molecule has 0 aromatic rings. The molecule has 7 nitrogen and oxygen atoms in total. The lowest BCUT2D eigenvalue weighted by Gasteiger charge is -2.39. The van der Waals surface area contributed by atoms with Gasteiger partial charge < -0.3 is 21.3 Å². The van der Waals surface area contributed by atoms with Crippen LogP contribution >= 0.6 is 0 Å². The van der Waals surface area contributed by atoms with Crippen molar-refractivity contribution in [1.82, 2.24) is 5.32 Å². The molecule has 1 atom stereocenters. The third-order valence-corrected chi connectivity index (χ3v) is 3.26. The van der Waals surface area contributed by atoms with Crippen molar-refractivity contribution in [2.24, 2.45) is 11.1 Å². The van der Waals surface area contributed by atoms with Gasteiger partial charge in [-0.1, -0.05) is 0 Å². The molecule has 0 rings (SSSR count). The van der Waals surface area contributed by atoms with E-state index >= 15 is 0 Å². The van der Waals surface area contributed by atoms with Crippen molar-refractivity contribution in [2.45, 2.75) is 45.7 Å². The van der Waals surface area contributed by atoms with E-state index in [9.17, 15) is 14.4 Å². The van der Waals surface area contributed by atoms with Crippen molar-refractivity contribution in [3.05, 3.63) is 0 Å². The van der Waals surface area contributed by atoms with Crippen LogP contribution in [0.1, 0.15) is 34.1 Å². The van der Waals surface area contributed by atoms with Crippen molar-refractivity contribution < 1.29 is 24.6 Å². The first-order valence-electron chi connectivity index (χ1n) is 5.44. The molecule has 104 valence electrons. The molecule has 0 heterocycles. The largest absolute Gasteiger partial charge is 0.481 e. The summed E-state index contributed by atoms with van der Waals surface area (Å²) in [6.07, 6.45) is -0.505. The predicted molar refractivity (Wildman–Crippen MR) is 63.9 cm³/mol. The van der Waals surface area contributed by atoms with E-state index in [4.69, 9.17) is 15.9 Å². The Bertz CT molecular complexity index is 362. The number of carboxylic acids is 2. The van der Waals surface area contributed by atoms with Crippen LogP contribution in [0.3, 0.4) is 0 Å². The van der Waals surface area contributed by atoms with Gasteiger partial charge in [0.25, 0.3) is 0 Å². The quantitative estimate of drug-likeness (QED) is 0.523. The highest BCUT2D eigenvalue weighted by Gasteiger charge is 2.44. The maximum absolute atomic E-state index is 11.7. The van der Waals surface area contributed by atoms with E-state index < -0.39 is 41.3 Å². The average Bonchev–Trinajstić information content (AvgIpc) is 2.14. The monoisotopic (exact) mass is 260 g/mol. The number of nitrogens with two attached hydrogens (primary N) is 1. The lowest BCUT2D eigenvalue weighted by atomic mass is 9.74. The summed E-state index contributed by atoms with van der Waals surface area (Å²) >= 11 is 0. The third kappa shape index (κ3) is 3.69. The molecule has 0 fully saturated rings. The van der Waals surface area contributed by atoms with Gasteiger partial charge in [0.1, 0.15) is 0 Å². The number of rotatable bonds is 6. The standard InChI is InChI=1S/C11H20N2O5/c1-10(2,9(17)18)11(3,4)13-8(16)6(12)5-7(14)15/h6H,5,12H2,1-4H3,(H,13,16)(H,14,15)(H,17,18). The molecule has 18 heavy (non-hydrogen) atoms. The summed E-state index contributed by atoms with van der Waals surface area (Å²) in [5.74, 6) is -2.94. The first-order valence-corrected chi connectivity index (χ1v) is 5.44. The molecule has 5 N–H and O–H groups in total. The number of carbonyl (C=O) groups is 3. The fraction of sp³-hybridized carbons (Fsp3) is 0.727. The Kier molecular flexibility index (Phi) is 4.86. The Morgan fingerprint density at radius 1 is 1.17 bits per heavy atom. The molecule has 0 aliphatic rings. The highest BCUT2D eigenvalue weighted by molar-refractivity contribution is 5.87. The molecule has 7 heteroatoms. The molecule has 0 spiro atoms. The van der Waals surface area contributed by atoms with Gasteiger partial charge in [-0.05, 0) is 27.7 Å². The highest BCUT2D eigenvalue weighted by Crippen LogP contribution is 2.30. The van der Waals surface area contributed by atoms with Gasteiger partial charge in [-0.2, -0.15) is 0 Å². The Morgan fingerprint density at radius 3 is 1.94 bits per heavy atom. The first-order chi connectivity index (χ1) is 7.91. The van der Waals surface area contributed by atoms with Crippen LogP contribution in [-0.2, 0) is 14.4 Å². The normalized spacial score (nSPS) is 13.8. The maximum Gasteiger partial charge on any atom is 0.311 e. The zero-order chi connectivity index (χ0) is 14.7. The lowest BCUT2D eigenvalue weighted by Crippen LogP contribution is -2.60. The Labute approximate surface area is 105 Å². The van der Waals surface area contributed by atoms with Gasteiger partial charge in [0, 0.05) is 0 Å². The number of hydrogen-bond acceptors (Lipinski definition) is 4. The molecule has 1 amide bonds. The van der Waals surface area contributed by atoms with Crippen LogP contribution in [0.4, 0.5) is 0 Å². The zero-order valence-corrected chi connectivity index (χ0v) is 11.0. The summed E-state index contributed by atoms with van der Waals surface area (Å²) < 4.78 is 0. The molecule has 0 saturated carbocycles. The maximum atomic E-state index is 11.7. The van der Waals surface area contributed by atoms with Gasteiger partial charge >= 0.3 is 11.9 Å². The minimum Gasteiger partial charge on any atom is -0.481 e. The second kappa shape index (κ2) is 5.34. The molecule has 0 bridgehead atoms. The van der Waals surface area contributed by atoms with Crippen LogP contribution in [0.25, 0.3) is 0 Å². The average molecular weight is 260 g/mol. The number of aliphatic carboxylic acids is 2. The molecule has 1 unspecified atom stereocenters. The third-order valence-electron chi connectivity index (χ3n) is 3.26. The van der Waals surface area contributed by atoms with Crippen LogP contribution in [0.5, 0.6) is 0 Å². The van der Waals surface area contributed by atoms with Gasteiger partial charge in [0.05, 0.1) is 23.4 Å². The van der Waals surface area contributed by atoms with Gasteiger partial charge in [-0.3, -0.25) is 14.4 Å². The predicted octanol–water partition coefficient (Wildman–Crippen LogP) is -0.206. The van der Waals surface area contributed by atoms with Crippen molar-refractivity contribution in [2.75, 3.05) is 0 Å². The number of nitrogens with one attached hydrogen (secondary N) is 1. The summed E-state index contributed by atoms with van der Waals surface area (Å²) in [6, 6.07) is -1.20. The van der Waals surface area contributed by atoms with Crippen LogP contribution in [0, 0.1) is 5.41 Å². The van der Waals surface area contributed by atoms with E-state index in [-0.39, 0.29) is 0 Å². The van der Waals surface area contributed by atoms with E-state index in [1.165, 1.54) is 13.8 Å². The molecular formula is C11H20N2O5. The molecular weight excluding hydrogens is 240 g/mol. The SMILES string of the molecule is CC(C)(NC(=O)C(N)CC(=O)O)C(C)(C)C(=O)O. The smallest absolute Gasteiger partial charge is 0.311 e. The number of amides is 1. The van der Waals surface area contributed by atoms with Gasteiger partial charge in [0.2, 0.25) is 5.91 Å². The van der Waals surface area contributed by atoms with Gasteiger partial charge in [0.15, 0.2) is 0 Å². The Hall–Kier alpha value is -1.63. The molecule has 0 radical (unpaired) electrons. The van der Waals surface area contributed by atoms with E-state index in [1.54, 1.807) is 13.8 Å². The van der Waals surface area contributed by atoms with Crippen molar-refractivity contribution >= 4 is 17.8 Å². The van der Waals surface area contributed by atoms with Crippen LogP contribution in [0.15, 0.2) is 0 Å². The van der Waals surface area contributed by atoms with Gasteiger partial charge in [-0.25, -0.2) is 0 Å². The highest BCUT2D eigenvalue weighted by atomic mass is 16.4. The zero-order valence-electron chi connectivity index (χ0n) is 11.0. The molecule has 0 aromatic carbocycles. The van der Waals surface area contributed by atoms with Crippen molar-refractivity contribution in [1.29, 1.82) is 0 Å². The minimum atomic E-state index is -1.22. The van der Waals surface area contributed by atoms with E-state index in [0.29, 0.717) is 0 Å². The second-order valence-corrected chi connectivity index (χ2v) is 5.25. The van der Waals surface area contributed by atoms with E-state index in [1.807, 2.05) is 0 Å². The Morgan fingerprint density at radius 2 is 1.61 bits per heavy atom. The number of hydrogen-bond donors (Lipinski definition) is 4. The molecule has 0 aliphatic carbocycles.